The first-order valence-corrected chi connectivity index (χ1v) is 7.15. The topological polar surface area (TPSA) is 59.5 Å². The average Bonchev–Trinajstić information content (AvgIpc) is 2.94. The molecule has 108 valence electrons. The minimum absolute atomic E-state index is 0.111. The molecule has 0 aliphatic heterocycles. The SMILES string of the molecule is Cc1noc(C(C)C)c1C(=O)N(C)Cc1ccc(Br)o1. The molecular formula is C14H17BrN2O3. The van der Waals surface area contributed by atoms with E-state index in [-0.39, 0.29) is 11.8 Å². The van der Waals surface area contributed by atoms with Gasteiger partial charge < -0.3 is 13.8 Å². The van der Waals surface area contributed by atoms with Crippen LogP contribution in [0.5, 0.6) is 0 Å². The summed E-state index contributed by atoms with van der Waals surface area (Å²) in [6, 6.07) is 3.63. The highest BCUT2D eigenvalue weighted by Gasteiger charge is 2.25. The maximum absolute atomic E-state index is 12.5. The van der Waals surface area contributed by atoms with Crippen LogP contribution < -0.4 is 0 Å². The number of amides is 1. The highest BCUT2D eigenvalue weighted by Crippen LogP contribution is 2.24. The second-order valence-corrected chi connectivity index (χ2v) is 5.81. The summed E-state index contributed by atoms with van der Waals surface area (Å²) in [6.07, 6.45) is 0. The third kappa shape index (κ3) is 2.95. The number of hydrogen-bond donors (Lipinski definition) is 0. The van der Waals surface area contributed by atoms with Gasteiger partial charge in [-0.15, -0.1) is 0 Å². The Morgan fingerprint density at radius 2 is 2.15 bits per heavy atom. The third-order valence-corrected chi connectivity index (χ3v) is 3.42. The molecule has 0 N–H and O–H groups in total. The lowest BCUT2D eigenvalue weighted by molar-refractivity contribution is 0.0771. The Balaban J connectivity index is 2.20. The minimum Gasteiger partial charge on any atom is -0.452 e. The second-order valence-electron chi connectivity index (χ2n) is 5.03. The van der Waals surface area contributed by atoms with Gasteiger partial charge in [-0.25, -0.2) is 0 Å². The van der Waals surface area contributed by atoms with Crippen LogP contribution in [0.4, 0.5) is 0 Å². The van der Waals surface area contributed by atoms with E-state index >= 15 is 0 Å². The average molecular weight is 341 g/mol. The van der Waals surface area contributed by atoms with Crippen LogP contribution in [0, 0.1) is 6.92 Å². The number of aryl methyl sites for hydroxylation is 1. The first-order valence-electron chi connectivity index (χ1n) is 6.36. The Labute approximate surface area is 126 Å². The summed E-state index contributed by atoms with van der Waals surface area (Å²) in [5, 5.41) is 3.90. The Bertz CT molecular complexity index is 616. The van der Waals surface area contributed by atoms with Crippen molar-refractivity contribution >= 4 is 21.8 Å². The number of nitrogens with zero attached hydrogens (tertiary/aromatic N) is 2. The molecule has 0 radical (unpaired) electrons. The van der Waals surface area contributed by atoms with Gasteiger partial charge in [0.25, 0.3) is 5.91 Å². The molecule has 0 aromatic carbocycles. The highest BCUT2D eigenvalue weighted by molar-refractivity contribution is 9.10. The second kappa shape index (κ2) is 5.83. The fraction of sp³-hybridized carbons (Fsp3) is 0.429. The molecule has 0 bridgehead atoms. The Hall–Kier alpha value is -1.56. The first-order chi connectivity index (χ1) is 9.40. The van der Waals surface area contributed by atoms with E-state index in [1.807, 2.05) is 19.9 Å². The van der Waals surface area contributed by atoms with Crippen molar-refractivity contribution in [2.75, 3.05) is 7.05 Å². The van der Waals surface area contributed by atoms with E-state index in [2.05, 4.69) is 21.1 Å². The maximum atomic E-state index is 12.5. The fourth-order valence-corrected chi connectivity index (χ4v) is 2.31. The maximum Gasteiger partial charge on any atom is 0.259 e. The summed E-state index contributed by atoms with van der Waals surface area (Å²) < 4.78 is 11.3. The fourth-order valence-electron chi connectivity index (χ4n) is 1.97. The van der Waals surface area contributed by atoms with Gasteiger partial charge in [-0.1, -0.05) is 19.0 Å². The van der Waals surface area contributed by atoms with E-state index in [4.69, 9.17) is 8.94 Å². The molecule has 5 nitrogen and oxygen atoms in total. The van der Waals surface area contributed by atoms with Gasteiger partial charge >= 0.3 is 0 Å². The van der Waals surface area contributed by atoms with Crippen LogP contribution in [0.3, 0.4) is 0 Å². The summed E-state index contributed by atoms with van der Waals surface area (Å²) in [6.45, 7) is 6.12. The number of carbonyl (C=O) groups excluding carboxylic acids is 1. The molecule has 0 atom stereocenters. The van der Waals surface area contributed by atoms with E-state index < -0.39 is 0 Å². The van der Waals surface area contributed by atoms with Crippen LogP contribution in [0.25, 0.3) is 0 Å². The van der Waals surface area contributed by atoms with Gasteiger partial charge in [-0.2, -0.15) is 0 Å². The molecule has 0 fully saturated rings. The molecule has 0 unspecified atom stereocenters. The van der Waals surface area contributed by atoms with Gasteiger partial charge in [-0.05, 0) is 35.0 Å². The number of rotatable bonds is 4. The number of carbonyl (C=O) groups is 1. The lowest BCUT2D eigenvalue weighted by Gasteiger charge is -2.16. The summed E-state index contributed by atoms with van der Waals surface area (Å²) in [7, 11) is 1.73. The number of hydrogen-bond acceptors (Lipinski definition) is 4. The number of furan rings is 1. The largest absolute Gasteiger partial charge is 0.452 e. The van der Waals surface area contributed by atoms with Crippen molar-refractivity contribution in [3.63, 3.8) is 0 Å². The lowest BCUT2D eigenvalue weighted by atomic mass is 10.0. The zero-order chi connectivity index (χ0) is 14.9. The first kappa shape index (κ1) is 14.8. The smallest absolute Gasteiger partial charge is 0.259 e. The molecule has 2 aromatic rings. The molecule has 2 aromatic heterocycles. The van der Waals surface area contributed by atoms with Gasteiger partial charge in [0.1, 0.15) is 11.3 Å². The predicted molar refractivity (Wildman–Crippen MR) is 77.5 cm³/mol. The van der Waals surface area contributed by atoms with E-state index in [0.717, 1.165) is 0 Å². The van der Waals surface area contributed by atoms with Crippen LogP contribution in [-0.2, 0) is 6.54 Å². The van der Waals surface area contributed by atoms with Crippen molar-refractivity contribution in [1.29, 1.82) is 0 Å². The van der Waals surface area contributed by atoms with Crippen LogP contribution in [0.2, 0.25) is 0 Å². The van der Waals surface area contributed by atoms with Crippen molar-refractivity contribution in [3.8, 4) is 0 Å². The molecule has 1 amide bonds. The molecule has 2 rings (SSSR count). The normalized spacial score (nSPS) is 11.1. The lowest BCUT2D eigenvalue weighted by Crippen LogP contribution is -2.27. The number of halogens is 1. The molecule has 0 spiro atoms. The summed E-state index contributed by atoms with van der Waals surface area (Å²) >= 11 is 3.24. The molecule has 0 aliphatic carbocycles. The van der Waals surface area contributed by atoms with Crippen molar-refractivity contribution < 1.29 is 13.7 Å². The van der Waals surface area contributed by atoms with Crippen LogP contribution in [0.1, 0.15) is 47.3 Å². The molecule has 0 saturated carbocycles. The van der Waals surface area contributed by atoms with Crippen LogP contribution >= 0.6 is 15.9 Å². The summed E-state index contributed by atoms with van der Waals surface area (Å²) in [5.41, 5.74) is 1.17. The molecule has 0 aliphatic rings. The standard InChI is InChI=1S/C14H17BrN2O3/c1-8(2)13-12(9(3)16-20-13)14(18)17(4)7-10-5-6-11(15)19-10/h5-6,8H,7H2,1-4H3. The summed E-state index contributed by atoms with van der Waals surface area (Å²) in [5.74, 6) is 1.34. The number of aromatic nitrogens is 1. The van der Waals surface area contributed by atoms with E-state index in [0.29, 0.717) is 34.0 Å². The molecule has 6 heteroatoms. The third-order valence-electron chi connectivity index (χ3n) is 3.00. The summed E-state index contributed by atoms with van der Waals surface area (Å²) in [4.78, 5) is 14.1. The van der Waals surface area contributed by atoms with Gasteiger partial charge in [0.05, 0.1) is 12.2 Å². The highest BCUT2D eigenvalue weighted by atomic mass is 79.9. The van der Waals surface area contributed by atoms with Crippen molar-refractivity contribution in [3.05, 3.63) is 39.6 Å². The molecule has 2 heterocycles. The molecular weight excluding hydrogens is 324 g/mol. The van der Waals surface area contributed by atoms with Crippen LogP contribution in [-0.4, -0.2) is 23.0 Å². The molecule has 20 heavy (non-hydrogen) atoms. The van der Waals surface area contributed by atoms with E-state index in [1.54, 1.807) is 24.9 Å². The van der Waals surface area contributed by atoms with Crippen molar-refractivity contribution in [2.24, 2.45) is 0 Å². The van der Waals surface area contributed by atoms with Crippen LogP contribution in [0.15, 0.2) is 25.7 Å². The van der Waals surface area contributed by atoms with Gasteiger partial charge in [0, 0.05) is 13.0 Å². The Kier molecular flexibility index (Phi) is 4.32. The Morgan fingerprint density at radius 3 is 2.70 bits per heavy atom. The monoisotopic (exact) mass is 340 g/mol. The minimum atomic E-state index is -0.111. The molecule has 0 saturated heterocycles. The zero-order valence-electron chi connectivity index (χ0n) is 11.9. The van der Waals surface area contributed by atoms with E-state index in [1.165, 1.54) is 0 Å². The predicted octanol–water partition coefficient (Wildman–Crippen LogP) is 3.73. The van der Waals surface area contributed by atoms with Crippen molar-refractivity contribution in [1.82, 2.24) is 10.1 Å². The zero-order valence-corrected chi connectivity index (χ0v) is 13.5. The van der Waals surface area contributed by atoms with Gasteiger partial charge in [-0.3, -0.25) is 4.79 Å². The Morgan fingerprint density at radius 1 is 1.45 bits per heavy atom. The quantitative estimate of drug-likeness (QED) is 0.850. The van der Waals surface area contributed by atoms with Gasteiger partial charge in [0.15, 0.2) is 10.4 Å². The van der Waals surface area contributed by atoms with Gasteiger partial charge in [0.2, 0.25) is 0 Å². The van der Waals surface area contributed by atoms with Crippen molar-refractivity contribution in [2.45, 2.75) is 33.2 Å². The van der Waals surface area contributed by atoms with E-state index in [9.17, 15) is 4.79 Å².